The topological polar surface area (TPSA) is 47.8 Å². The van der Waals surface area contributed by atoms with E-state index < -0.39 is 0 Å². The Kier molecular flexibility index (Phi) is 5.26. The van der Waals surface area contributed by atoms with Gasteiger partial charge in [-0.05, 0) is 29.9 Å². The molecular formula is C17H23N3O. The van der Waals surface area contributed by atoms with Gasteiger partial charge in [0.2, 0.25) is 0 Å². The number of hydrogen-bond donors (Lipinski definition) is 0. The highest BCUT2D eigenvalue weighted by molar-refractivity contribution is 5.73. The molecular weight excluding hydrogens is 262 g/mol. The Hall–Kier alpha value is -1.97. The molecule has 0 bridgehead atoms. The third kappa shape index (κ3) is 3.78. The number of aldehydes is 1. The van der Waals surface area contributed by atoms with Crippen LogP contribution in [0.3, 0.4) is 0 Å². The number of aromatic nitrogens is 3. The van der Waals surface area contributed by atoms with Crippen LogP contribution in [0.15, 0.2) is 24.3 Å². The SMILES string of the molecule is CCCCc1c(C=O)nnn1Cc1ccc(C(C)C)cc1. The zero-order valence-electron chi connectivity index (χ0n) is 13.0. The normalized spacial score (nSPS) is 11.0. The third-order valence-corrected chi connectivity index (χ3v) is 3.73. The summed E-state index contributed by atoms with van der Waals surface area (Å²) in [5.41, 5.74) is 3.93. The molecule has 112 valence electrons. The molecule has 0 unspecified atom stereocenters. The van der Waals surface area contributed by atoms with Crippen molar-refractivity contribution in [2.45, 2.75) is 52.5 Å². The van der Waals surface area contributed by atoms with E-state index in [9.17, 15) is 4.79 Å². The summed E-state index contributed by atoms with van der Waals surface area (Å²) in [4.78, 5) is 11.1. The molecule has 2 rings (SSSR count). The Morgan fingerprint density at radius 3 is 2.52 bits per heavy atom. The number of nitrogens with zero attached hydrogens (tertiary/aromatic N) is 3. The van der Waals surface area contributed by atoms with E-state index in [1.807, 2.05) is 4.68 Å². The van der Waals surface area contributed by atoms with E-state index in [2.05, 4.69) is 55.3 Å². The molecule has 1 aromatic carbocycles. The molecule has 0 N–H and O–H groups in total. The fourth-order valence-corrected chi connectivity index (χ4v) is 2.35. The van der Waals surface area contributed by atoms with Crippen molar-refractivity contribution in [1.29, 1.82) is 0 Å². The second-order valence-electron chi connectivity index (χ2n) is 5.70. The predicted molar refractivity (Wildman–Crippen MR) is 83.7 cm³/mol. The molecule has 0 radical (unpaired) electrons. The lowest BCUT2D eigenvalue weighted by Crippen LogP contribution is -2.07. The largest absolute Gasteiger partial charge is 0.296 e. The van der Waals surface area contributed by atoms with Crippen molar-refractivity contribution in [3.8, 4) is 0 Å². The van der Waals surface area contributed by atoms with Crippen LogP contribution < -0.4 is 0 Å². The van der Waals surface area contributed by atoms with Crippen molar-refractivity contribution in [2.24, 2.45) is 0 Å². The summed E-state index contributed by atoms with van der Waals surface area (Å²) in [5.74, 6) is 0.534. The van der Waals surface area contributed by atoms with E-state index in [0.29, 0.717) is 18.2 Å². The first kappa shape index (κ1) is 15.4. The quantitative estimate of drug-likeness (QED) is 0.730. The highest BCUT2D eigenvalue weighted by Gasteiger charge is 2.12. The summed E-state index contributed by atoms with van der Waals surface area (Å²) in [7, 11) is 0. The second-order valence-corrected chi connectivity index (χ2v) is 5.70. The van der Waals surface area contributed by atoms with Crippen LogP contribution in [-0.4, -0.2) is 21.3 Å². The number of hydrogen-bond acceptors (Lipinski definition) is 3. The van der Waals surface area contributed by atoms with Gasteiger partial charge in [-0.25, -0.2) is 4.68 Å². The van der Waals surface area contributed by atoms with E-state index in [0.717, 1.165) is 31.2 Å². The van der Waals surface area contributed by atoms with Crippen LogP contribution in [0.2, 0.25) is 0 Å². The standard InChI is InChI=1S/C17H23N3O/c1-4-5-6-17-16(12-21)18-19-20(17)11-14-7-9-15(10-8-14)13(2)3/h7-10,12-13H,4-6,11H2,1-3H3. The fourth-order valence-electron chi connectivity index (χ4n) is 2.35. The minimum atomic E-state index is 0.474. The maximum atomic E-state index is 11.1. The highest BCUT2D eigenvalue weighted by atomic mass is 16.1. The smallest absolute Gasteiger partial charge is 0.172 e. The number of carbonyl (C=O) groups excluding carboxylic acids is 1. The highest BCUT2D eigenvalue weighted by Crippen LogP contribution is 2.16. The van der Waals surface area contributed by atoms with E-state index >= 15 is 0 Å². The van der Waals surface area contributed by atoms with Crippen LogP contribution in [-0.2, 0) is 13.0 Å². The first-order chi connectivity index (χ1) is 10.2. The lowest BCUT2D eigenvalue weighted by atomic mass is 10.0. The summed E-state index contributed by atoms with van der Waals surface area (Å²) in [6, 6.07) is 8.56. The molecule has 0 fully saturated rings. The van der Waals surface area contributed by atoms with E-state index in [4.69, 9.17) is 0 Å². The Morgan fingerprint density at radius 1 is 1.24 bits per heavy atom. The summed E-state index contributed by atoms with van der Waals surface area (Å²) in [6.45, 7) is 7.18. The molecule has 0 saturated heterocycles. The van der Waals surface area contributed by atoms with Gasteiger partial charge in [0.1, 0.15) is 5.69 Å². The van der Waals surface area contributed by atoms with Crippen LogP contribution in [0.5, 0.6) is 0 Å². The van der Waals surface area contributed by atoms with Gasteiger partial charge in [-0.3, -0.25) is 4.79 Å². The first-order valence-electron chi connectivity index (χ1n) is 7.62. The average molecular weight is 285 g/mol. The average Bonchev–Trinajstić information content (AvgIpc) is 2.87. The van der Waals surface area contributed by atoms with Crippen LogP contribution in [0.25, 0.3) is 0 Å². The summed E-state index contributed by atoms with van der Waals surface area (Å²) >= 11 is 0. The summed E-state index contributed by atoms with van der Waals surface area (Å²) < 4.78 is 1.85. The lowest BCUT2D eigenvalue weighted by molar-refractivity contribution is 0.111. The van der Waals surface area contributed by atoms with Crippen molar-refractivity contribution >= 4 is 6.29 Å². The number of carbonyl (C=O) groups is 1. The van der Waals surface area contributed by atoms with Gasteiger partial charge in [-0.2, -0.15) is 0 Å². The van der Waals surface area contributed by atoms with Gasteiger partial charge in [0.15, 0.2) is 6.29 Å². The van der Waals surface area contributed by atoms with Crippen molar-refractivity contribution < 1.29 is 4.79 Å². The van der Waals surface area contributed by atoms with E-state index in [1.54, 1.807) is 0 Å². The van der Waals surface area contributed by atoms with E-state index in [-0.39, 0.29) is 0 Å². The van der Waals surface area contributed by atoms with Crippen LogP contribution in [0.4, 0.5) is 0 Å². The maximum Gasteiger partial charge on any atom is 0.172 e. The molecule has 0 spiro atoms. The molecule has 1 heterocycles. The molecule has 4 heteroatoms. The van der Waals surface area contributed by atoms with Crippen LogP contribution in [0.1, 0.15) is 66.8 Å². The molecule has 4 nitrogen and oxygen atoms in total. The van der Waals surface area contributed by atoms with Gasteiger partial charge < -0.3 is 0 Å². The van der Waals surface area contributed by atoms with Crippen LogP contribution in [0, 0.1) is 0 Å². The summed E-state index contributed by atoms with van der Waals surface area (Å²) in [6.07, 6.45) is 3.78. The monoisotopic (exact) mass is 285 g/mol. The Balaban J connectivity index is 2.18. The zero-order chi connectivity index (χ0) is 15.2. The van der Waals surface area contributed by atoms with Gasteiger partial charge in [-0.15, -0.1) is 5.10 Å². The molecule has 0 aliphatic heterocycles. The fraction of sp³-hybridized carbons (Fsp3) is 0.471. The number of benzene rings is 1. The number of rotatable bonds is 7. The van der Waals surface area contributed by atoms with Crippen molar-refractivity contribution in [3.05, 3.63) is 46.8 Å². The van der Waals surface area contributed by atoms with Gasteiger partial charge in [0.25, 0.3) is 0 Å². The van der Waals surface area contributed by atoms with Crippen molar-refractivity contribution in [2.75, 3.05) is 0 Å². The second kappa shape index (κ2) is 7.16. The molecule has 1 aromatic heterocycles. The molecule has 21 heavy (non-hydrogen) atoms. The van der Waals surface area contributed by atoms with Gasteiger partial charge in [0, 0.05) is 0 Å². The van der Waals surface area contributed by atoms with Crippen molar-refractivity contribution in [1.82, 2.24) is 15.0 Å². The number of unbranched alkanes of at least 4 members (excludes halogenated alkanes) is 1. The predicted octanol–water partition coefficient (Wildman–Crippen LogP) is 3.60. The Bertz CT molecular complexity index is 585. The Labute approximate surface area is 126 Å². The van der Waals surface area contributed by atoms with Gasteiger partial charge in [-0.1, -0.05) is 56.7 Å². The molecule has 0 saturated carbocycles. The molecule has 2 aromatic rings. The van der Waals surface area contributed by atoms with Gasteiger partial charge in [0.05, 0.1) is 12.2 Å². The first-order valence-corrected chi connectivity index (χ1v) is 7.62. The zero-order valence-corrected chi connectivity index (χ0v) is 13.0. The van der Waals surface area contributed by atoms with Gasteiger partial charge >= 0.3 is 0 Å². The summed E-state index contributed by atoms with van der Waals surface area (Å²) in [5, 5.41) is 8.10. The van der Waals surface area contributed by atoms with E-state index in [1.165, 1.54) is 11.1 Å². The van der Waals surface area contributed by atoms with Crippen molar-refractivity contribution in [3.63, 3.8) is 0 Å². The minimum Gasteiger partial charge on any atom is -0.296 e. The molecule has 0 aliphatic carbocycles. The lowest BCUT2D eigenvalue weighted by Gasteiger charge is -2.09. The van der Waals surface area contributed by atoms with Crippen LogP contribution >= 0.6 is 0 Å². The third-order valence-electron chi connectivity index (χ3n) is 3.73. The minimum absolute atomic E-state index is 0.474. The molecule has 0 amide bonds. The Morgan fingerprint density at radius 2 is 1.95 bits per heavy atom. The molecule has 0 atom stereocenters. The molecule has 0 aliphatic rings. The maximum absolute atomic E-state index is 11.1.